The third-order valence-electron chi connectivity index (χ3n) is 4.67. The van der Waals surface area contributed by atoms with Crippen LogP contribution in [0.5, 0.6) is 0 Å². The molecule has 138 valence electrons. The highest BCUT2D eigenvalue weighted by atomic mass is 16.3. The number of carbonyl (C=O) groups excluding carboxylic acids is 3. The molecule has 0 unspecified atom stereocenters. The van der Waals surface area contributed by atoms with E-state index in [4.69, 9.17) is 0 Å². The lowest BCUT2D eigenvalue weighted by atomic mass is 9.79. The normalized spacial score (nSPS) is 23.1. The summed E-state index contributed by atoms with van der Waals surface area (Å²) in [6, 6.07) is 0. The van der Waals surface area contributed by atoms with E-state index in [0.29, 0.717) is 0 Å². The lowest BCUT2D eigenvalue weighted by molar-refractivity contribution is -0.141. The Balaban J connectivity index is 3.45. The first-order valence-corrected chi connectivity index (χ1v) is 8.76. The van der Waals surface area contributed by atoms with Crippen molar-refractivity contribution in [2.24, 2.45) is 11.8 Å². The first-order valence-electron chi connectivity index (χ1n) is 8.76. The van der Waals surface area contributed by atoms with Crippen LogP contribution >= 0.6 is 0 Å². The Hall–Kier alpha value is -1.81. The molecule has 0 aliphatic heterocycles. The van der Waals surface area contributed by atoms with Crippen molar-refractivity contribution in [2.75, 3.05) is 0 Å². The lowest BCUT2D eigenvalue weighted by Crippen LogP contribution is -2.45. The summed E-state index contributed by atoms with van der Waals surface area (Å²) in [6.45, 7) is 12.5. The average Bonchev–Trinajstić information content (AvgIpc) is 2.69. The van der Waals surface area contributed by atoms with E-state index >= 15 is 0 Å². The smallest absolute Gasteiger partial charge is 0.173 e. The molecule has 0 radical (unpaired) electrons. The van der Waals surface area contributed by atoms with E-state index in [-0.39, 0.29) is 35.7 Å². The minimum absolute atomic E-state index is 0.00945. The molecule has 0 amide bonds. The summed E-state index contributed by atoms with van der Waals surface area (Å²) in [5.74, 6) is -2.46. The molecule has 4 nitrogen and oxygen atoms in total. The standard InChI is InChI=1S/C21H30O4/c1-12(2)8-10-16-20(24)18(19(23)14(5)6)15(7)21(16,25)17(22)11-9-13(3)4/h8-9,14,16,25H,10-11H2,1-7H3/t16-,21-/m1/s1. The van der Waals surface area contributed by atoms with Gasteiger partial charge in [0.15, 0.2) is 23.0 Å². The first kappa shape index (κ1) is 21.2. The molecule has 0 aromatic heterocycles. The van der Waals surface area contributed by atoms with Crippen LogP contribution in [0.2, 0.25) is 0 Å². The van der Waals surface area contributed by atoms with Crippen molar-refractivity contribution in [1.29, 1.82) is 0 Å². The number of hydrogen-bond acceptors (Lipinski definition) is 4. The van der Waals surface area contributed by atoms with Crippen LogP contribution in [0, 0.1) is 11.8 Å². The van der Waals surface area contributed by atoms with Gasteiger partial charge in [0.1, 0.15) is 0 Å². The highest BCUT2D eigenvalue weighted by molar-refractivity contribution is 6.26. The quantitative estimate of drug-likeness (QED) is 0.563. The van der Waals surface area contributed by atoms with Crippen molar-refractivity contribution < 1.29 is 19.5 Å². The predicted octanol–water partition coefficient (Wildman–Crippen LogP) is 3.74. The second kappa shape index (κ2) is 8.05. The summed E-state index contributed by atoms with van der Waals surface area (Å²) in [5, 5.41) is 11.2. The number of allylic oxidation sites excluding steroid dienone is 5. The molecule has 0 spiro atoms. The van der Waals surface area contributed by atoms with Crippen LogP contribution in [0.3, 0.4) is 0 Å². The van der Waals surface area contributed by atoms with Gasteiger partial charge in [-0.3, -0.25) is 14.4 Å². The molecule has 0 heterocycles. The fourth-order valence-electron chi connectivity index (χ4n) is 3.08. The fraction of sp³-hybridized carbons (Fsp3) is 0.571. The fourth-order valence-corrected chi connectivity index (χ4v) is 3.08. The van der Waals surface area contributed by atoms with Crippen LogP contribution in [0.15, 0.2) is 34.4 Å². The van der Waals surface area contributed by atoms with Gasteiger partial charge in [-0.15, -0.1) is 0 Å². The molecule has 0 fully saturated rings. The molecule has 2 atom stereocenters. The molecule has 0 saturated carbocycles. The Morgan fingerprint density at radius 3 is 2.08 bits per heavy atom. The molecule has 4 heteroatoms. The number of carbonyl (C=O) groups is 3. The third kappa shape index (κ3) is 4.24. The van der Waals surface area contributed by atoms with Crippen LogP contribution in [-0.4, -0.2) is 28.1 Å². The molecular weight excluding hydrogens is 316 g/mol. The van der Waals surface area contributed by atoms with E-state index in [1.165, 1.54) is 6.92 Å². The van der Waals surface area contributed by atoms with Crippen LogP contribution in [0.4, 0.5) is 0 Å². The molecule has 0 aromatic carbocycles. The van der Waals surface area contributed by atoms with Crippen LogP contribution in [0.1, 0.15) is 61.3 Å². The summed E-state index contributed by atoms with van der Waals surface area (Å²) in [7, 11) is 0. The minimum atomic E-state index is -1.91. The lowest BCUT2D eigenvalue weighted by Gasteiger charge is -2.29. The second-order valence-electron chi connectivity index (χ2n) is 7.63. The summed E-state index contributed by atoms with van der Waals surface area (Å²) >= 11 is 0. The summed E-state index contributed by atoms with van der Waals surface area (Å²) in [4.78, 5) is 38.2. The number of hydrogen-bond donors (Lipinski definition) is 1. The van der Waals surface area contributed by atoms with Crippen molar-refractivity contribution in [3.8, 4) is 0 Å². The largest absolute Gasteiger partial charge is 0.377 e. The Bertz CT molecular complexity index is 668. The summed E-state index contributed by atoms with van der Waals surface area (Å²) < 4.78 is 0. The predicted molar refractivity (Wildman–Crippen MR) is 99.1 cm³/mol. The van der Waals surface area contributed by atoms with E-state index in [1.54, 1.807) is 19.9 Å². The van der Waals surface area contributed by atoms with E-state index in [2.05, 4.69) is 0 Å². The van der Waals surface area contributed by atoms with Gasteiger partial charge in [0.2, 0.25) is 0 Å². The second-order valence-corrected chi connectivity index (χ2v) is 7.63. The van der Waals surface area contributed by atoms with Gasteiger partial charge in [-0.2, -0.15) is 0 Å². The van der Waals surface area contributed by atoms with Crippen molar-refractivity contribution in [1.82, 2.24) is 0 Å². The summed E-state index contributed by atoms with van der Waals surface area (Å²) in [6.07, 6.45) is 3.85. The van der Waals surface area contributed by atoms with E-state index in [1.807, 2.05) is 33.8 Å². The van der Waals surface area contributed by atoms with Crippen LogP contribution in [-0.2, 0) is 14.4 Å². The maximum atomic E-state index is 12.9. The van der Waals surface area contributed by atoms with Crippen molar-refractivity contribution in [3.05, 3.63) is 34.4 Å². The Kier molecular flexibility index (Phi) is 6.83. The number of aliphatic hydroxyl groups is 1. The highest BCUT2D eigenvalue weighted by Gasteiger charge is 2.55. The topological polar surface area (TPSA) is 71.4 Å². The zero-order valence-corrected chi connectivity index (χ0v) is 16.4. The number of rotatable bonds is 7. The van der Waals surface area contributed by atoms with Crippen molar-refractivity contribution in [2.45, 2.75) is 66.9 Å². The van der Waals surface area contributed by atoms with E-state index in [9.17, 15) is 19.5 Å². The number of ketones is 3. The van der Waals surface area contributed by atoms with Gasteiger partial charge in [0.05, 0.1) is 11.5 Å². The van der Waals surface area contributed by atoms with Crippen molar-refractivity contribution in [3.63, 3.8) is 0 Å². The molecule has 1 aliphatic rings. The monoisotopic (exact) mass is 346 g/mol. The van der Waals surface area contributed by atoms with Gasteiger partial charge < -0.3 is 5.11 Å². The Morgan fingerprint density at radius 1 is 1.12 bits per heavy atom. The maximum absolute atomic E-state index is 12.9. The zero-order valence-electron chi connectivity index (χ0n) is 16.4. The molecule has 0 aromatic rings. The molecule has 25 heavy (non-hydrogen) atoms. The number of Topliss-reactive ketones (excluding diaryl/α,β-unsaturated/α-hetero) is 3. The molecule has 1 rings (SSSR count). The van der Waals surface area contributed by atoms with E-state index in [0.717, 1.165) is 11.1 Å². The Labute approximate surface area is 150 Å². The minimum Gasteiger partial charge on any atom is -0.377 e. The van der Waals surface area contributed by atoms with E-state index < -0.39 is 23.1 Å². The SMILES string of the molecule is CC(C)=CCC(=O)[C@@]1(O)C(C)=C(C(=O)C(C)C)C(=O)[C@H]1CC=C(C)C. The molecule has 0 saturated heterocycles. The third-order valence-corrected chi connectivity index (χ3v) is 4.67. The molecule has 0 bridgehead atoms. The van der Waals surface area contributed by atoms with Gasteiger partial charge in [0, 0.05) is 12.3 Å². The van der Waals surface area contributed by atoms with Crippen LogP contribution < -0.4 is 0 Å². The highest BCUT2D eigenvalue weighted by Crippen LogP contribution is 2.42. The molecular formula is C21H30O4. The van der Waals surface area contributed by atoms with Gasteiger partial charge in [0.25, 0.3) is 0 Å². The van der Waals surface area contributed by atoms with Gasteiger partial charge in [-0.1, -0.05) is 37.1 Å². The Morgan fingerprint density at radius 2 is 1.64 bits per heavy atom. The summed E-state index contributed by atoms with van der Waals surface area (Å²) in [5.41, 5.74) is 0.260. The molecule has 1 aliphatic carbocycles. The van der Waals surface area contributed by atoms with Crippen molar-refractivity contribution >= 4 is 17.3 Å². The van der Waals surface area contributed by atoms with Gasteiger partial charge in [-0.25, -0.2) is 0 Å². The molecule has 1 N–H and O–H groups in total. The van der Waals surface area contributed by atoms with Crippen LogP contribution in [0.25, 0.3) is 0 Å². The maximum Gasteiger partial charge on any atom is 0.173 e. The zero-order chi connectivity index (χ0) is 19.5. The average molecular weight is 346 g/mol. The van der Waals surface area contributed by atoms with Gasteiger partial charge in [-0.05, 0) is 46.6 Å². The van der Waals surface area contributed by atoms with Gasteiger partial charge >= 0.3 is 0 Å². The first-order chi connectivity index (χ1) is 11.4.